The molecule has 3 N–H and O–H groups in total. The molecule has 0 unspecified atom stereocenters. The molecule has 0 amide bonds. The molecular weight excluding hydrogens is 284 g/mol. The Balaban J connectivity index is -0.000000123. The number of aliphatic hydroxyl groups is 1. The molecular formula is C20H50N2O. The molecule has 0 aliphatic carbocycles. The standard InChI is InChI=1S/2C8H19N.C3H8.CH4O/c2*1-3-5-7-9-8-6-4-2;1-3-2;1-2/h2*9H,3-8H2,1-2H3;3H2,1-2H3;2H,1H3. The van der Waals surface area contributed by atoms with E-state index in [1.165, 1.54) is 84.0 Å². The van der Waals surface area contributed by atoms with E-state index in [1.807, 2.05) is 0 Å². The maximum atomic E-state index is 7.00. The van der Waals surface area contributed by atoms with Crippen molar-refractivity contribution in [2.75, 3.05) is 33.3 Å². The van der Waals surface area contributed by atoms with Crippen LogP contribution in [0.5, 0.6) is 0 Å². The number of nitrogens with one attached hydrogen (secondary N) is 2. The van der Waals surface area contributed by atoms with E-state index in [0.717, 1.165) is 7.11 Å². The average molecular weight is 335 g/mol. The Bertz CT molecular complexity index is 107. The van der Waals surface area contributed by atoms with E-state index in [0.29, 0.717) is 0 Å². The summed E-state index contributed by atoms with van der Waals surface area (Å²) in [6.07, 6.45) is 11.8. The summed E-state index contributed by atoms with van der Waals surface area (Å²) in [5.74, 6) is 0. The molecule has 0 spiro atoms. The average Bonchev–Trinajstić information content (AvgIpc) is 2.58. The van der Waals surface area contributed by atoms with E-state index in [-0.39, 0.29) is 0 Å². The van der Waals surface area contributed by atoms with Gasteiger partial charge in [0.15, 0.2) is 0 Å². The molecule has 0 aromatic carbocycles. The van der Waals surface area contributed by atoms with E-state index >= 15 is 0 Å². The lowest BCUT2D eigenvalue weighted by molar-refractivity contribution is 0.399. The van der Waals surface area contributed by atoms with Gasteiger partial charge in [-0.1, -0.05) is 73.6 Å². The predicted octanol–water partition coefficient (Wildman–Crippen LogP) is 5.38. The maximum Gasteiger partial charge on any atom is 0.0319 e. The van der Waals surface area contributed by atoms with Crippen molar-refractivity contribution in [3.05, 3.63) is 0 Å². The molecule has 0 radical (unpaired) electrons. The van der Waals surface area contributed by atoms with E-state index in [2.05, 4.69) is 52.2 Å². The minimum Gasteiger partial charge on any atom is -0.400 e. The van der Waals surface area contributed by atoms with Crippen molar-refractivity contribution in [3.8, 4) is 0 Å². The van der Waals surface area contributed by atoms with Crippen LogP contribution in [0.4, 0.5) is 0 Å². The highest BCUT2D eigenvalue weighted by Gasteiger charge is 1.84. The second kappa shape index (κ2) is 43.1. The first-order valence-electron chi connectivity index (χ1n) is 10.1. The first-order chi connectivity index (χ1) is 11.2. The van der Waals surface area contributed by atoms with Crippen LogP contribution in [-0.2, 0) is 0 Å². The fraction of sp³-hybridized carbons (Fsp3) is 1.00. The fourth-order valence-electron chi connectivity index (χ4n) is 1.46. The number of hydrogen-bond donors (Lipinski definition) is 3. The minimum atomic E-state index is 1.00. The van der Waals surface area contributed by atoms with Gasteiger partial charge in [-0.2, -0.15) is 0 Å². The number of hydrogen-bond acceptors (Lipinski definition) is 3. The van der Waals surface area contributed by atoms with Crippen LogP contribution < -0.4 is 10.6 Å². The Morgan fingerprint density at radius 3 is 0.783 bits per heavy atom. The van der Waals surface area contributed by atoms with Crippen molar-refractivity contribution < 1.29 is 5.11 Å². The van der Waals surface area contributed by atoms with Gasteiger partial charge >= 0.3 is 0 Å². The van der Waals surface area contributed by atoms with Gasteiger partial charge in [-0.15, -0.1) is 0 Å². The summed E-state index contributed by atoms with van der Waals surface area (Å²) in [5.41, 5.74) is 0. The Kier molecular flexibility index (Phi) is 57.6. The minimum absolute atomic E-state index is 1.00. The van der Waals surface area contributed by atoms with Gasteiger partial charge in [0, 0.05) is 7.11 Å². The molecule has 0 saturated carbocycles. The van der Waals surface area contributed by atoms with Crippen LogP contribution in [0.25, 0.3) is 0 Å². The van der Waals surface area contributed by atoms with Crippen LogP contribution >= 0.6 is 0 Å². The SMILES string of the molecule is CCC.CCCCNCCCC.CCCCNCCCC.CO. The molecule has 0 aliphatic heterocycles. The van der Waals surface area contributed by atoms with Gasteiger partial charge in [0.1, 0.15) is 0 Å². The topological polar surface area (TPSA) is 44.3 Å². The second-order valence-electron chi connectivity index (χ2n) is 5.62. The molecule has 0 heterocycles. The molecule has 0 rings (SSSR count). The molecule has 0 aromatic rings. The van der Waals surface area contributed by atoms with Crippen molar-refractivity contribution in [3.63, 3.8) is 0 Å². The third-order valence-corrected chi connectivity index (χ3v) is 2.83. The summed E-state index contributed by atoms with van der Waals surface area (Å²) >= 11 is 0. The van der Waals surface area contributed by atoms with Crippen LogP contribution in [0.1, 0.15) is 99.3 Å². The third kappa shape index (κ3) is 61.3. The first-order valence-corrected chi connectivity index (χ1v) is 10.1. The highest BCUT2D eigenvalue weighted by Crippen LogP contribution is 1.86. The van der Waals surface area contributed by atoms with Crippen LogP contribution in [0.3, 0.4) is 0 Å². The van der Waals surface area contributed by atoms with Gasteiger partial charge in [0.25, 0.3) is 0 Å². The fourth-order valence-corrected chi connectivity index (χ4v) is 1.46. The zero-order chi connectivity index (χ0) is 18.6. The van der Waals surface area contributed by atoms with Gasteiger partial charge in [-0.25, -0.2) is 0 Å². The molecule has 0 bridgehead atoms. The Morgan fingerprint density at radius 2 is 0.652 bits per heavy atom. The normalized spacial score (nSPS) is 8.87. The lowest BCUT2D eigenvalue weighted by atomic mass is 10.3. The van der Waals surface area contributed by atoms with Crippen molar-refractivity contribution >= 4 is 0 Å². The van der Waals surface area contributed by atoms with E-state index in [4.69, 9.17) is 5.11 Å². The molecule has 0 atom stereocenters. The van der Waals surface area contributed by atoms with E-state index in [9.17, 15) is 0 Å². The number of rotatable bonds is 12. The maximum absolute atomic E-state index is 7.00. The van der Waals surface area contributed by atoms with Gasteiger partial charge < -0.3 is 15.7 Å². The van der Waals surface area contributed by atoms with E-state index in [1.54, 1.807) is 0 Å². The van der Waals surface area contributed by atoms with Crippen molar-refractivity contribution in [2.45, 2.75) is 99.3 Å². The largest absolute Gasteiger partial charge is 0.400 e. The summed E-state index contributed by atoms with van der Waals surface area (Å²) in [6.45, 7) is 18.0. The lowest BCUT2D eigenvalue weighted by Crippen LogP contribution is -2.15. The van der Waals surface area contributed by atoms with Gasteiger partial charge in [0.2, 0.25) is 0 Å². The van der Waals surface area contributed by atoms with Crippen molar-refractivity contribution in [2.24, 2.45) is 0 Å². The number of unbranched alkanes of at least 4 members (excludes halogenated alkanes) is 4. The molecule has 23 heavy (non-hydrogen) atoms. The van der Waals surface area contributed by atoms with Gasteiger partial charge in [-0.3, -0.25) is 0 Å². The second-order valence-corrected chi connectivity index (χ2v) is 5.62. The number of aliphatic hydroxyl groups excluding tert-OH is 1. The summed E-state index contributed by atoms with van der Waals surface area (Å²) in [7, 11) is 1.00. The summed E-state index contributed by atoms with van der Waals surface area (Å²) < 4.78 is 0. The Hall–Kier alpha value is -0.120. The summed E-state index contributed by atoms with van der Waals surface area (Å²) in [5, 5.41) is 13.8. The Labute approximate surface area is 149 Å². The Morgan fingerprint density at radius 1 is 0.478 bits per heavy atom. The third-order valence-electron chi connectivity index (χ3n) is 2.83. The van der Waals surface area contributed by atoms with Crippen LogP contribution in [0.2, 0.25) is 0 Å². The smallest absolute Gasteiger partial charge is 0.0319 e. The molecule has 0 saturated heterocycles. The van der Waals surface area contributed by atoms with Crippen molar-refractivity contribution in [1.82, 2.24) is 10.6 Å². The molecule has 146 valence electrons. The molecule has 0 aliphatic rings. The van der Waals surface area contributed by atoms with Crippen LogP contribution in [-0.4, -0.2) is 38.4 Å². The van der Waals surface area contributed by atoms with Crippen LogP contribution in [0, 0.1) is 0 Å². The summed E-state index contributed by atoms with van der Waals surface area (Å²) in [6, 6.07) is 0. The molecule has 3 nitrogen and oxygen atoms in total. The molecule has 0 aromatic heterocycles. The highest BCUT2D eigenvalue weighted by atomic mass is 16.2. The summed E-state index contributed by atoms with van der Waals surface area (Å²) in [4.78, 5) is 0. The monoisotopic (exact) mass is 334 g/mol. The predicted molar refractivity (Wildman–Crippen MR) is 109 cm³/mol. The van der Waals surface area contributed by atoms with Crippen LogP contribution in [0.15, 0.2) is 0 Å². The van der Waals surface area contributed by atoms with E-state index < -0.39 is 0 Å². The van der Waals surface area contributed by atoms with Gasteiger partial charge in [-0.05, 0) is 51.9 Å². The molecule has 3 heteroatoms. The highest BCUT2D eigenvalue weighted by molar-refractivity contribution is 4.46. The first kappa shape index (κ1) is 30.7. The van der Waals surface area contributed by atoms with Gasteiger partial charge in [0.05, 0.1) is 0 Å². The lowest BCUT2D eigenvalue weighted by Gasteiger charge is -1.99. The zero-order valence-electron chi connectivity index (χ0n) is 17.6. The molecule has 0 fully saturated rings. The zero-order valence-corrected chi connectivity index (χ0v) is 17.6. The quantitative estimate of drug-likeness (QED) is 0.420. The van der Waals surface area contributed by atoms with Crippen molar-refractivity contribution in [1.29, 1.82) is 0 Å².